The molecule has 4 heteroatoms. The van der Waals surface area contributed by atoms with E-state index in [0.29, 0.717) is 11.5 Å². The van der Waals surface area contributed by atoms with Crippen molar-refractivity contribution in [3.8, 4) is 0 Å². The standard InChI is InChI=1S/C17H17ClN2O/c1-11-5-2-6-12-7-3-9-14(15(11)12)20-17(21)13-8-4-10-19-16(13)18/h3-4,7-11H,2,5-6H2,1H3,(H,20,21). The van der Waals surface area contributed by atoms with Crippen molar-refractivity contribution in [2.75, 3.05) is 5.32 Å². The normalized spacial score (nSPS) is 17.1. The van der Waals surface area contributed by atoms with Gasteiger partial charge >= 0.3 is 0 Å². The van der Waals surface area contributed by atoms with Crippen LogP contribution in [0.15, 0.2) is 36.5 Å². The molecular formula is C17H17ClN2O. The van der Waals surface area contributed by atoms with Crippen LogP contribution in [0.3, 0.4) is 0 Å². The third-order valence-corrected chi connectivity index (χ3v) is 4.33. The largest absolute Gasteiger partial charge is 0.322 e. The SMILES string of the molecule is CC1CCCc2cccc(NC(=O)c3cccnc3Cl)c21. The second kappa shape index (κ2) is 5.86. The van der Waals surface area contributed by atoms with Gasteiger partial charge in [-0.1, -0.05) is 30.7 Å². The van der Waals surface area contributed by atoms with E-state index in [1.807, 2.05) is 12.1 Å². The van der Waals surface area contributed by atoms with Gasteiger partial charge in [-0.15, -0.1) is 0 Å². The molecule has 0 bridgehead atoms. The molecule has 1 heterocycles. The summed E-state index contributed by atoms with van der Waals surface area (Å²) in [6.07, 6.45) is 5.02. The molecular weight excluding hydrogens is 284 g/mol. The molecule has 0 spiro atoms. The van der Waals surface area contributed by atoms with Gasteiger partial charge in [0.1, 0.15) is 5.15 Å². The number of hydrogen-bond acceptors (Lipinski definition) is 2. The first-order chi connectivity index (χ1) is 10.2. The van der Waals surface area contributed by atoms with E-state index in [-0.39, 0.29) is 11.1 Å². The van der Waals surface area contributed by atoms with Gasteiger partial charge in [-0.2, -0.15) is 0 Å². The molecule has 1 N–H and O–H groups in total. The molecule has 0 fully saturated rings. The third-order valence-electron chi connectivity index (χ3n) is 4.02. The number of nitrogens with zero attached hydrogens (tertiary/aromatic N) is 1. The molecule has 108 valence electrons. The highest BCUT2D eigenvalue weighted by Crippen LogP contribution is 2.36. The van der Waals surface area contributed by atoms with E-state index in [2.05, 4.69) is 23.3 Å². The average Bonchev–Trinajstić information content (AvgIpc) is 2.48. The predicted octanol–water partition coefficient (Wildman–Crippen LogP) is 4.43. The van der Waals surface area contributed by atoms with E-state index in [9.17, 15) is 4.79 Å². The minimum absolute atomic E-state index is 0.209. The van der Waals surface area contributed by atoms with Crippen LogP contribution in [0, 0.1) is 0 Å². The van der Waals surface area contributed by atoms with Crippen LogP contribution in [-0.2, 0) is 6.42 Å². The summed E-state index contributed by atoms with van der Waals surface area (Å²) in [6.45, 7) is 2.21. The molecule has 3 nitrogen and oxygen atoms in total. The third kappa shape index (κ3) is 2.79. The summed E-state index contributed by atoms with van der Waals surface area (Å²) in [4.78, 5) is 16.3. The van der Waals surface area contributed by atoms with Gasteiger partial charge < -0.3 is 5.32 Å². The van der Waals surface area contributed by atoms with Gasteiger partial charge in [0.2, 0.25) is 0 Å². The quantitative estimate of drug-likeness (QED) is 0.834. The lowest BCUT2D eigenvalue weighted by Crippen LogP contribution is -2.17. The van der Waals surface area contributed by atoms with Crippen molar-refractivity contribution >= 4 is 23.2 Å². The Morgan fingerprint density at radius 1 is 1.33 bits per heavy atom. The van der Waals surface area contributed by atoms with Gasteiger partial charge in [0, 0.05) is 11.9 Å². The van der Waals surface area contributed by atoms with Gasteiger partial charge in [-0.25, -0.2) is 4.98 Å². The van der Waals surface area contributed by atoms with Crippen LogP contribution < -0.4 is 5.32 Å². The number of nitrogens with one attached hydrogen (secondary N) is 1. The van der Waals surface area contributed by atoms with Crippen molar-refractivity contribution in [2.45, 2.75) is 32.1 Å². The number of carbonyl (C=O) groups excluding carboxylic acids is 1. The van der Waals surface area contributed by atoms with E-state index < -0.39 is 0 Å². The van der Waals surface area contributed by atoms with E-state index in [0.717, 1.165) is 18.5 Å². The van der Waals surface area contributed by atoms with Gasteiger partial charge in [0.05, 0.1) is 5.56 Å². The van der Waals surface area contributed by atoms with Gasteiger partial charge in [-0.05, 0) is 54.5 Å². The fourth-order valence-corrected chi connectivity index (χ4v) is 3.22. The highest BCUT2D eigenvalue weighted by Gasteiger charge is 2.21. The van der Waals surface area contributed by atoms with Crippen LogP contribution >= 0.6 is 11.6 Å². The maximum atomic E-state index is 12.4. The highest BCUT2D eigenvalue weighted by molar-refractivity contribution is 6.33. The van der Waals surface area contributed by atoms with Crippen LogP contribution in [0.25, 0.3) is 0 Å². The minimum atomic E-state index is -0.209. The monoisotopic (exact) mass is 300 g/mol. The molecule has 0 saturated carbocycles. The summed E-state index contributed by atoms with van der Waals surface area (Å²) < 4.78 is 0. The summed E-state index contributed by atoms with van der Waals surface area (Å²) in [7, 11) is 0. The van der Waals surface area contributed by atoms with Gasteiger partial charge in [0.25, 0.3) is 5.91 Å². The van der Waals surface area contributed by atoms with Crippen LogP contribution in [0.4, 0.5) is 5.69 Å². The molecule has 1 unspecified atom stereocenters. The number of benzene rings is 1. The smallest absolute Gasteiger partial charge is 0.258 e. The Bertz CT molecular complexity index is 684. The van der Waals surface area contributed by atoms with Crippen LogP contribution in [0.5, 0.6) is 0 Å². The number of hydrogen-bond donors (Lipinski definition) is 1. The molecule has 21 heavy (non-hydrogen) atoms. The number of aromatic nitrogens is 1. The summed E-state index contributed by atoms with van der Waals surface area (Å²) in [6, 6.07) is 9.51. The lowest BCUT2D eigenvalue weighted by Gasteiger charge is -2.25. The summed E-state index contributed by atoms with van der Waals surface area (Å²) >= 11 is 5.99. The van der Waals surface area contributed by atoms with Gasteiger partial charge in [-0.3, -0.25) is 4.79 Å². The van der Waals surface area contributed by atoms with E-state index in [1.54, 1.807) is 18.3 Å². The van der Waals surface area contributed by atoms with E-state index in [4.69, 9.17) is 11.6 Å². The zero-order valence-electron chi connectivity index (χ0n) is 11.9. The molecule has 0 radical (unpaired) electrons. The van der Waals surface area contributed by atoms with Crippen molar-refractivity contribution in [1.82, 2.24) is 4.98 Å². The zero-order valence-corrected chi connectivity index (χ0v) is 12.7. The van der Waals surface area contributed by atoms with Crippen LogP contribution in [-0.4, -0.2) is 10.9 Å². The van der Waals surface area contributed by atoms with Gasteiger partial charge in [0.15, 0.2) is 0 Å². The first kappa shape index (κ1) is 14.1. The number of fused-ring (bicyclic) bond motifs is 1. The fraction of sp³-hybridized carbons (Fsp3) is 0.294. The van der Waals surface area contributed by atoms with Crippen molar-refractivity contribution < 1.29 is 4.79 Å². The number of anilines is 1. The molecule has 1 atom stereocenters. The van der Waals surface area contributed by atoms with Crippen LogP contribution in [0.2, 0.25) is 5.15 Å². The molecule has 2 aromatic rings. The Balaban J connectivity index is 1.92. The maximum Gasteiger partial charge on any atom is 0.258 e. The number of amides is 1. The molecule has 1 aromatic carbocycles. The first-order valence-electron chi connectivity index (χ1n) is 7.20. The van der Waals surface area contributed by atoms with Crippen molar-refractivity contribution in [2.24, 2.45) is 0 Å². The summed E-state index contributed by atoms with van der Waals surface area (Å²) in [5.41, 5.74) is 3.89. The molecule has 0 saturated heterocycles. The number of rotatable bonds is 2. The topological polar surface area (TPSA) is 42.0 Å². The van der Waals surface area contributed by atoms with E-state index >= 15 is 0 Å². The molecule has 1 aliphatic rings. The lowest BCUT2D eigenvalue weighted by molar-refractivity contribution is 0.102. The van der Waals surface area contributed by atoms with Crippen molar-refractivity contribution in [3.63, 3.8) is 0 Å². The second-order valence-corrected chi connectivity index (χ2v) is 5.83. The van der Waals surface area contributed by atoms with E-state index in [1.165, 1.54) is 17.5 Å². The number of aryl methyl sites for hydroxylation is 1. The molecule has 1 aliphatic carbocycles. The highest BCUT2D eigenvalue weighted by atomic mass is 35.5. The Hall–Kier alpha value is -1.87. The molecule has 3 rings (SSSR count). The second-order valence-electron chi connectivity index (χ2n) is 5.47. The fourth-order valence-electron chi connectivity index (χ4n) is 3.01. The number of carbonyl (C=O) groups is 1. The Kier molecular flexibility index (Phi) is 3.93. The maximum absolute atomic E-state index is 12.4. The molecule has 1 amide bonds. The Labute approximate surface area is 129 Å². The van der Waals surface area contributed by atoms with Crippen molar-refractivity contribution in [1.29, 1.82) is 0 Å². The minimum Gasteiger partial charge on any atom is -0.322 e. The number of halogens is 1. The lowest BCUT2D eigenvalue weighted by atomic mass is 9.83. The van der Waals surface area contributed by atoms with Crippen LogP contribution in [0.1, 0.15) is 47.2 Å². The first-order valence-corrected chi connectivity index (χ1v) is 7.58. The number of pyridine rings is 1. The average molecular weight is 301 g/mol. The molecule has 1 aromatic heterocycles. The Morgan fingerprint density at radius 3 is 3.00 bits per heavy atom. The Morgan fingerprint density at radius 2 is 2.19 bits per heavy atom. The summed E-state index contributed by atoms with van der Waals surface area (Å²) in [5, 5.41) is 3.22. The predicted molar refractivity (Wildman–Crippen MR) is 85.0 cm³/mol. The zero-order chi connectivity index (χ0) is 14.8. The summed E-state index contributed by atoms with van der Waals surface area (Å²) in [5.74, 6) is 0.258. The molecule has 0 aliphatic heterocycles. The van der Waals surface area contributed by atoms with Crippen molar-refractivity contribution in [3.05, 3.63) is 58.4 Å².